The maximum Gasteiger partial charge on any atom is 0.246 e. The summed E-state index contributed by atoms with van der Waals surface area (Å²) in [7, 11) is 1.39. The van der Waals surface area contributed by atoms with Crippen molar-refractivity contribution in [2.75, 3.05) is 7.05 Å². The highest BCUT2D eigenvalue weighted by molar-refractivity contribution is 6.05. The van der Waals surface area contributed by atoms with E-state index in [2.05, 4.69) is 5.32 Å². The van der Waals surface area contributed by atoms with Crippen LogP contribution in [0.25, 0.3) is 0 Å². The lowest BCUT2D eigenvalue weighted by atomic mass is 10.1. The third-order valence-corrected chi connectivity index (χ3v) is 3.27. The molecule has 1 N–H and O–H groups in total. The van der Waals surface area contributed by atoms with Crippen LogP contribution in [0.3, 0.4) is 0 Å². The molecule has 0 saturated carbocycles. The van der Waals surface area contributed by atoms with E-state index in [1.165, 1.54) is 13.1 Å². The van der Waals surface area contributed by atoms with Gasteiger partial charge in [0.05, 0.1) is 12.5 Å². The van der Waals surface area contributed by atoms with Crippen LogP contribution in [0.2, 0.25) is 0 Å². The molecule has 1 aromatic rings. The Hall–Kier alpha value is -1.82. The third-order valence-electron chi connectivity index (χ3n) is 3.27. The Morgan fingerprint density at radius 3 is 2.37 bits per heavy atom. The fourth-order valence-corrected chi connectivity index (χ4v) is 2.20. The van der Waals surface area contributed by atoms with E-state index in [9.17, 15) is 18.4 Å². The maximum atomic E-state index is 13.6. The number of imide groups is 1. The van der Waals surface area contributed by atoms with Crippen LogP contribution in [0.15, 0.2) is 18.2 Å². The van der Waals surface area contributed by atoms with Gasteiger partial charge >= 0.3 is 0 Å². The number of likely N-dealkylation sites (N-methyl/N-ethyl adjacent to an activating group) is 1. The Bertz CT molecular complexity index is 513. The molecular weight excluding hydrogens is 254 g/mol. The molecule has 2 unspecified atom stereocenters. The van der Waals surface area contributed by atoms with Crippen molar-refractivity contribution in [2.45, 2.75) is 25.4 Å². The molecule has 2 rings (SSSR count). The zero-order valence-corrected chi connectivity index (χ0v) is 10.6. The second-order valence-electron chi connectivity index (χ2n) is 4.57. The fraction of sp³-hybridized carbons (Fsp3) is 0.385. The van der Waals surface area contributed by atoms with E-state index in [1.54, 1.807) is 6.92 Å². The summed E-state index contributed by atoms with van der Waals surface area (Å²) in [5, 5.41) is 2.80. The Morgan fingerprint density at radius 1 is 1.32 bits per heavy atom. The number of benzene rings is 1. The summed E-state index contributed by atoms with van der Waals surface area (Å²) in [4.78, 5) is 24.1. The molecule has 0 aliphatic carbocycles. The maximum absolute atomic E-state index is 13.6. The summed E-state index contributed by atoms with van der Waals surface area (Å²) in [6.45, 7) is 1.55. The molecule has 0 spiro atoms. The second-order valence-corrected chi connectivity index (χ2v) is 4.57. The van der Waals surface area contributed by atoms with Gasteiger partial charge in [-0.3, -0.25) is 19.8 Å². The van der Waals surface area contributed by atoms with E-state index in [-0.39, 0.29) is 23.8 Å². The number of carbonyl (C=O) groups excluding carboxylic acids is 2. The van der Waals surface area contributed by atoms with Gasteiger partial charge in [0.2, 0.25) is 11.8 Å². The summed E-state index contributed by atoms with van der Waals surface area (Å²) in [5.41, 5.74) is -0.127. The zero-order valence-electron chi connectivity index (χ0n) is 10.6. The van der Waals surface area contributed by atoms with Gasteiger partial charge in [0.25, 0.3) is 0 Å². The summed E-state index contributed by atoms with van der Waals surface area (Å²) in [5.74, 6) is -2.03. The SMILES string of the molecule is CC(NC1CC(=O)N(C)C1=O)c1c(F)cccc1F. The van der Waals surface area contributed by atoms with Crippen molar-refractivity contribution >= 4 is 11.8 Å². The van der Waals surface area contributed by atoms with E-state index >= 15 is 0 Å². The van der Waals surface area contributed by atoms with Gasteiger partial charge in [0, 0.05) is 18.7 Å². The van der Waals surface area contributed by atoms with Crippen molar-refractivity contribution < 1.29 is 18.4 Å². The van der Waals surface area contributed by atoms with Crippen LogP contribution < -0.4 is 5.32 Å². The van der Waals surface area contributed by atoms with E-state index in [4.69, 9.17) is 0 Å². The van der Waals surface area contributed by atoms with Crippen LogP contribution >= 0.6 is 0 Å². The molecule has 6 heteroatoms. The molecule has 2 amide bonds. The highest BCUT2D eigenvalue weighted by Gasteiger charge is 2.37. The highest BCUT2D eigenvalue weighted by atomic mass is 19.1. The molecule has 102 valence electrons. The van der Waals surface area contributed by atoms with Crippen molar-refractivity contribution in [1.29, 1.82) is 0 Å². The van der Waals surface area contributed by atoms with Gasteiger partial charge < -0.3 is 0 Å². The van der Waals surface area contributed by atoms with Gasteiger partial charge in [-0.25, -0.2) is 8.78 Å². The molecule has 1 saturated heterocycles. The van der Waals surface area contributed by atoms with Crippen molar-refractivity contribution in [3.63, 3.8) is 0 Å². The number of hydrogen-bond donors (Lipinski definition) is 1. The smallest absolute Gasteiger partial charge is 0.246 e. The molecule has 0 bridgehead atoms. The molecule has 2 atom stereocenters. The number of halogens is 2. The monoisotopic (exact) mass is 268 g/mol. The normalized spacial score (nSPS) is 21.1. The minimum absolute atomic E-state index is 0.00967. The molecule has 1 aliphatic rings. The topological polar surface area (TPSA) is 49.4 Å². The lowest BCUT2D eigenvalue weighted by Crippen LogP contribution is -2.38. The zero-order chi connectivity index (χ0) is 14.2. The number of nitrogens with zero attached hydrogens (tertiary/aromatic N) is 1. The Balaban J connectivity index is 2.16. The van der Waals surface area contributed by atoms with Gasteiger partial charge in [-0.05, 0) is 19.1 Å². The average molecular weight is 268 g/mol. The first-order valence-electron chi connectivity index (χ1n) is 5.92. The number of hydrogen-bond acceptors (Lipinski definition) is 3. The van der Waals surface area contributed by atoms with Crippen molar-refractivity contribution in [3.05, 3.63) is 35.4 Å². The number of rotatable bonds is 3. The quantitative estimate of drug-likeness (QED) is 0.842. The molecule has 1 aliphatic heterocycles. The molecule has 1 heterocycles. The van der Waals surface area contributed by atoms with Gasteiger partial charge in [0.1, 0.15) is 11.6 Å². The third kappa shape index (κ3) is 2.49. The second kappa shape index (κ2) is 5.05. The Labute approximate surface area is 109 Å². The van der Waals surface area contributed by atoms with Gasteiger partial charge in [-0.1, -0.05) is 6.07 Å². The van der Waals surface area contributed by atoms with Crippen LogP contribution in [0, 0.1) is 11.6 Å². The minimum Gasteiger partial charge on any atom is -0.299 e. The lowest BCUT2D eigenvalue weighted by molar-refractivity contribution is -0.137. The molecule has 1 fully saturated rings. The van der Waals surface area contributed by atoms with Crippen LogP contribution in [-0.4, -0.2) is 29.8 Å². The molecule has 0 radical (unpaired) electrons. The predicted molar refractivity (Wildman–Crippen MR) is 64.1 cm³/mol. The van der Waals surface area contributed by atoms with Crippen molar-refractivity contribution in [3.8, 4) is 0 Å². The predicted octanol–water partition coefficient (Wildman–Crippen LogP) is 1.37. The largest absolute Gasteiger partial charge is 0.299 e. The number of likely N-dealkylation sites (tertiary alicyclic amines) is 1. The summed E-state index contributed by atoms with van der Waals surface area (Å²) >= 11 is 0. The summed E-state index contributed by atoms with van der Waals surface area (Å²) < 4.78 is 27.2. The van der Waals surface area contributed by atoms with Crippen LogP contribution in [0.4, 0.5) is 8.78 Å². The Kier molecular flexibility index (Phi) is 3.61. The average Bonchev–Trinajstić information content (AvgIpc) is 2.57. The summed E-state index contributed by atoms with van der Waals surface area (Å²) in [6, 6.07) is 2.16. The molecule has 0 aromatic heterocycles. The standard InChI is InChI=1S/C13H14F2N2O2/c1-7(12-8(14)4-3-5-9(12)15)16-10-6-11(18)17(2)13(10)19/h3-5,7,10,16H,6H2,1-2H3. The van der Waals surface area contributed by atoms with Gasteiger partial charge in [-0.15, -0.1) is 0 Å². The number of amides is 2. The van der Waals surface area contributed by atoms with E-state index in [0.29, 0.717) is 0 Å². The van der Waals surface area contributed by atoms with E-state index < -0.39 is 23.7 Å². The van der Waals surface area contributed by atoms with Crippen molar-refractivity contribution in [2.24, 2.45) is 0 Å². The van der Waals surface area contributed by atoms with E-state index in [1.807, 2.05) is 0 Å². The fourth-order valence-electron chi connectivity index (χ4n) is 2.20. The Morgan fingerprint density at radius 2 is 1.89 bits per heavy atom. The molecule has 4 nitrogen and oxygen atoms in total. The first-order chi connectivity index (χ1) is 8.91. The van der Waals surface area contributed by atoms with Crippen LogP contribution in [-0.2, 0) is 9.59 Å². The summed E-state index contributed by atoms with van der Waals surface area (Å²) in [6.07, 6.45) is 0.00967. The van der Waals surface area contributed by atoms with Crippen molar-refractivity contribution in [1.82, 2.24) is 10.2 Å². The molecule has 19 heavy (non-hydrogen) atoms. The van der Waals surface area contributed by atoms with Crippen LogP contribution in [0.5, 0.6) is 0 Å². The van der Waals surface area contributed by atoms with Crippen LogP contribution in [0.1, 0.15) is 24.9 Å². The number of carbonyl (C=O) groups is 2. The number of nitrogens with one attached hydrogen (secondary N) is 1. The first-order valence-corrected chi connectivity index (χ1v) is 5.92. The van der Waals surface area contributed by atoms with E-state index in [0.717, 1.165) is 17.0 Å². The molecule has 1 aromatic carbocycles. The minimum atomic E-state index is -0.730. The lowest BCUT2D eigenvalue weighted by Gasteiger charge is -2.19. The van der Waals surface area contributed by atoms with Gasteiger partial charge in [-0.2, -0.15) is 0 Å². The highest BCUT2D eigenvalue weighted by Crippen LogP contribution is 2.22. The van der Waals surface area contributed by atoms with Gasteiger partial charge in [0.15, 0.2) is 0 Å². The molecular formula is C13H14F2N2O2. The first kappa shape index (κ1) is 13.6.